The summed E-state index contributed by atoms with van der Waals surface area (Å²) in [6, 6.07) is 2.85. The van der Waals surface area contributed by atoms with Crippen molar-refractivity contribution >= 4 is 11.3 Å². The highest BCUT2D eigenvalue weighted by atomic mass is 32.1. The SMILES string of the molecule is CC(C)NCCCCCCN(C)Cc1ccsc1. The van der Waals surface area contributed by atoms with E-state index in [-0.39, 0.29) is 0 Å². The van der Waals surface area contributed by atoms with E-state index in [0.717, 1.165) is 6.54 Å². The molecule has 1 rings (SSSR count). The fourth-order valence-corrected chi connectivity index (χ4v) is 2.68. The number of hydrogen-bond acceptors (Lipinski definition) is 3. The molecule has 1 N–H and O–H groups in total. The third-order valence-corrected chi connectivity index (χ3v) is 3.78. The van der Waals surface area contributed by atoms with Gasteiger partial charge in [-0.05, 0) is 55.4 Å². The zero-order valence-corrected chi connectivity index (χ0v) is 12.9. The Bertz CT molecular complexity index is 283. The van der Waals surface area contributed by atoms with E-state index in [1.807, 2.05) is 0 Å². The lowest BCUT2D eigenvalue weighted by atomic mass is 10.2. The Labute approximate surface area is 116 Å². The van der Waals surface area contributed by atoms with Gasteiger partial charge in [-0.2, -0.15) is 11.3 Å². The number of hydrogen-bond donors (Lipinski definition) is 1. The summed E-state index contributed by atoms with van der Waals surface area (Å²) in [6.45, 7) is 7.90. The van der Waals surface area contributed by atoms with Crippen molar-refractivity contribution in [3.05, 3.63) is 22.4 Å². The van der Waals surface area contributed by atoms with Gasteiger partial charge in [0, 0.05) is 12.6 Å². The average molecular weight is 268 g/mol. The van der Waals surface area contributed by atoms with Gasteiger partial charge in [0.25, 0.3) is 0 Å². The Balaban J connectivity index is 1.91. The molecule has 2 nitrogen and oxygen atoms in total. The van der Waals surface area contributed by atoms with Crippen molar-refractivity contribution < 1.29 is 0 Å². The Morgan fingerprint density at radius 3 is 2.67 bits per heavy atom. The first kappa shape index (κ1) is 15.7. The topological polar surface area (TPSA) is 15.3 Å². The second-order valence-electron chi connectivity index (χ2n) is 5.39. The summed E-state index contributed by atoms with van der Waals surface area (Å²) in [5.74, 6) is 0. The number of nitrogens with zero attached hydrogens (tertiary/aromatic N) is 1. The molecule has 3 heteroatoms. The lowest BCUT2D eigenvalue weighted by Crippen LogP contribution is -2.23. The van der Waals surface area contributed by atoms with Crippen molar-refractivity contribution in [2.24, 2.45) is 0 Å². The number of unbranched alkanes of at least 4 members (excludes halogenated alkanes) is 3. The molecule has 0 aromatic carbocycles. The molecule has 18 heavy (non-hydrogen) atoms. The molecule has 0 radical (unpaired) electrons. The summed E-state index contributed by atoms with van der Waals surface area (Å²) in [5, 5.41) is 7.87. The molecule has 1 heterocycles. The second-order valence-corrected chi connectivity index (χ2v) is 6.17. The van der Waals surface area contributed by atoms with Gasteiger partial charge < -0.3 is 10.2 Å². The van der Waals surface area contributed by atoms with E-state index in [9.17, 15) is 0 Å². The smallest absolute Gasteiger partial charge is 0.0238 e. The maximum atomic E-state index is 3.47. The highest BCUT2D eigenvalue weighted by Gasteiger charge is 2.00. The third-order valence-electron chi connectivity index (χ3n) is 3.05. The first-order valence-electron chi connectivity index (χ1n) is 7.11. The van der Waals surface area contributed by atoms with E-state index >= 15 is 0 Å². The highest BCUT2D eigenvalue weighted by molar-refractivity contribution is 7.07. The van der Waals surface area contributed by atoms with Crippen LogP contribution >= 0.6 is 11.3 Å². The lowest BCUT2D eigenvalue weighted by Gasteiger charge is -2.15. The zero-order chi connectivity index (χ0) is 13.2. The predicted molar refractivity (Wildman–Crippen MR) is 82.3 cm³/mol. The summed E-state index contributed by atoms with van der Waals surface area (Å²) >= 11 is 1.79. The van der Waals surface area contributed by atoms with Gasteiger partial charge in [-0.1, -0.05) is 26.7 Å². The van der Waals surface area contributed by atoms with E-state index < -0.39 is 0 Å². The van der Waals surface area contributed by atoms with Crippen molar-refractivity contribution in [2.45, 2.75) is 52.1 Å². The average Bonchev–Trinajstić information content (AvgIpc) is 2.80. The first-order chi connectivity index (χ1) is 8.68. The normalized spacial score (nSPS) is 11.6. The molecule has 0 saturated heterocycles. The quantitative estimate of drug-likeness (QED) is 0.650. The minimum absolute atomic E-state index is 0.627. The fraction of sp³-hybridized carbons (Fsp3) is 0.733. The van der Waals surface area contributed by atoms with Crippen LogP contribution < -0.4 is 5.32 Å². The van der Waals surface area contributed by atoms with Crippen LogP contribution in [-0.4, -0.2) is 31.1 Å². The monoisotopic (exact) mass is 268 g/mol. The number of thiophene rings is 1. The Morgan fingerprint density at radius 1 is 1.22 bits per heavy atom. The predicted octanol–water partition coefficient (Wildman–Crippen LogP) is 3.74. The Morgan fingerprint density at radius 2 is 2.00 bits per heavy atom. The molecule has 1 aromatic rings. The molecule has 0 atom stereocenters. The third kappa shape index (κ3) is 7.85. The van der Waals surface area contributed by atoms with Gasteiger partial charge in [-0.3, -0.25) is 0 Å². The number of rotatable bonds is 10. The molecule has 104 valence electrons. The Hall–Kier alpha value is -0.380. The van der Waals surface area contributed by atoms with Crippen molar-refractivity contribution in [3.8, 4) is 0 Å². The van der Waals surface area contributed by atoms with Crippen LogP contribution in [0.5, 0.6) is 0 Å². The lowest BCUT2D eigenvalue weighted by molar-refractivity contribution is 0.317. The van der Waals surface area contributed by atoms with Gasteiger partial charge in [0.2, 0.25) is 0 Å². The van der Waals surface area contributed by atoms with Crippen LogP contribution in [0.15, 0.2) is 16.8 Å². The number of nitrogens with one attached hydrogen (secondary N) is 1. The molecular weight excluding hydrogens is 240 g/mol. The van der Waals surface area contributed by atoms with E-state index in [1.165, 1.54) is 44.3 Å². The molecule has 1 aromatic heterocycles. The van der Waals surface area contributed by atoms with Crippen LogP contribution in [0.1, 0.15) is 45.1 Å². The minimum atomic E-state index is 0.627. The van der Waals surface area contributed by atoms with Crippen LogP contribution in [-0.2, 0) is 6.54 Å². The largest absolute Gasteiger partial charge is 0.315 e. The summed E-state index contributed by atoms with van der Waals surface area (Å²) in [4.78, 5) is 2.43. The highest BCUT2D eigenvalue weighted by Crippen LogP contribution is 2.09. The zero-order valence-electron chi connectivity index (χ0n) is 12.1. The summed E-state index contributed by atoms with van der Waals surface area (Å²) in [5.41, 5.74) is 1.45. The summed E-state index contributed by atoms with van der Waals surface area (Å²) < 4.78 is 0. The van der Waals surface area contributed by atoms with Crippen molar-refractivity contribution in [1.82, 2.24) is 10.2 Å². The molecule has 0 spiro atoms. The molecule has 0 aliphatic rings. The molecule has 0 unspecified atom stereocenters. The van der Waals surface area contributed by atoms with E-state index in [0.29, 0.717) is 6.04 Å². The van der Waals surface area contributed by atoms with Gasteiger partial charge in [-0.15, -0.1) is 0 Å². The molecule has 0 aliphatic carbocycles. The van der Waals surface area contributed by atoms with E-state index in [2.05, 4.69) is 47.9 Å². The van der Waals surface area contributed by atoms with E-state index in [1.54, 1.807) is 11.3 Å². The maximum absolute atomic E-state index is 3.47. The van der Waals surface area contributed by atoms with Crippen molar-refractivity contribution in [1.29, 1.82) is 0 Å². The van der Waals surface area contributed by atoms with Gasteiger partial charge >= 0.3 is 0 Å². The van der Waals surface area contributed by atoms with Crippen LogP contribution in [0, 0.1) is 0 Å². The molecular formula is C15H28N2S. The molecule has 0 bridgehead atoms. The summed E-state index contributed by atoms with van der Waals surface area (Å²) in [7, 11) is 2.22. The van der Waals surface area contributed by atoms with Crippen molar-refractivity contribution in [3.63, 3.8) is 0 Å². The van der Waals surface area contributed by atoms with Crippen molar-refractivity contribution in [2.75, 3.05) is 20.1 Å². The second kappa shape index (κ2) is 9.54. The van der Waals surface area contributed by atoms with Gasteiger partial charge in [0.1, 0.15) is 0 Å². The van der Waals surface area contributed by atoms with Crippen LogP contribution in [0.2, 0.25) is 0 Å². The van der Waals surface area contributed by atoms with Gasteiger partial charge in [-0.25, -0.2) is 0 Å². The van der Waals surface area contributed by atoms with Crippen LogP contribution in [0.4, 0.5) is 0 Å². The maximum Gasteiger partial charge on any atom is 0.0238 e. The molecule has 0 amide bonds. The van der Waals surface area contributed by atoms with E-state index in [4.69, 9.17) is 0 Å². The minimum Gasteiger partial charge on any atom is -0.315 e. The van der Waals surface area contributed by atoms with Crippen LogP contribution in [0.3, 0.4) is 0 Å². The fourth-order valence-electron chi connectivity index (χ4n) is 2.02. The summed E-state index contributed by atoms with van der Waals surface area (Å²) in [6.07, 6.45) is 5.34. The standard InChI is InChI=1S/C15H28N2S/c1-14(2)16-9-6-4-5-7-10-17(3)12-15-8-11-18-13-15/h8,11,13-14,16H,4-7,9-10,12H2,1-3H3. The van der Waals surface area contributed by atoms with Crippen LogP contribution in [0.25, 0.3) is 0 Å². The molecule has 0 aliphatic heterocycles. The van der Waals surface area contributed by atoms with Gasteiger partial charge in [0.05, 0.1) is 0 Å². The molecule has 0 fully saturated rings. The molecule has 0 saturated carbocycles. The Kier molecular flexibility index (Phi) is 8.31. The van der Waals surface area contributed by atoms with Gasteiger partial charge in [0.15, 0.2) is 0 Å². The first-order valence-corrected chi connectivity index (χ1v) is 8.06.